The van der Waals surface area contributed by atoms with Gasteiger partial charge in [0.1, 0.15) is 0 Å². The van der Waals surface area contributed by atoms with Gasteiger partial charge in [-0.05, 0) is 37.1 Å². The van der Waals surface area contributed by atoms with Crippen molar-refractivity contribution in [3.8, 4) is 0 Å². The van der Waals surface area contributed by atoms with Gasteiger partial charge in [-0.15, -0.1) is 0 Å². The SMILES string of the molecule is CCCC(CC)(CN)Nc1ccc(Br)cc1. The molecular formula is C13H21BrN2. The third-order valence-corrected chi connectivity index (χ3v) is 3.58. The zero-order valence-electron chi connectivity index (χ0n) is 10.1. The maximum atomic E-state index is 5.91. The molecule has 16 heavy (non-hydrogen) atoms. The van der Waals surface area contributed by atoms with Gasteiger partial charge < -0.3 is 11.1 Å². The van der Waals surface area contributed by atoms with Crippen molar-refractivity contribution in [1.29, 1.82) is 0 Å². The summed E-state index contributed by atoms with van der Waals surface area (Å²) in [5.41, 5.74) is 7.10. The van der Waals surface area contributed by atoms with Crippen LogP contribution >= 0.6 is 15.9 Å². The molecule has 0 saturated heterocycles. The molecular weight excluding hydrogens is 264 g/mol. The summed E-state index contributed by atoms with van der Waals surface area (Å²) in [4.78, 5) is 0. The molecule has 0 amide bonds. The summed E-state index contributed by atoms with van der Waals surface area (Å²) in [6.07, 6.45) is 3.30. The summed E-state index contributed by atoms with van der Waals surface area (Å²) in [7, 11) is 0. The van der Waals surface area contributed by atoms with Gasteiger partial charge in [0.15, 0.2) is 0 Å². The fourth-order valence-corrected chi connectivity index (χ4v) is 2.21. The molecule has 0 aliphatic rings. The van der Waals surface area contributed by atoms with Crippen molar-refractivity contribution in [3.05, 3.63) is 28.7 Å². The molecule has 0 saturated carbocycles. The summed E-state index contributed by atoms with van der Waals surface area (Å²) in [6, 6.07) is 8.26. The Balaban J connectivity index is 2.78. The predicted molar refractivity (Wildman–Crippen MR) is 74.7 cm³/mol. The first kappa shape index (κ1) is 13.5. The van der Waals surface area contributed by atoms with Crippen molar-refractivity contribution in [1.82, 2.24) is 0 Å². The number of hydrogen-bond donors (Lipinski definition) is 2. The van der Waals surface area contributed by atoms with Gasteiger partial charge in [-0.25, -0.2) is 0 Å². The first-order chi connectivity index (χ1) is 7.65. The van der Waals surface area contributed by atoms with Crippen LogP contribution < -0.4 is 11.1 Å². The van der Waals surface area contributed by atoms with Crippen molar-refractivity contribution in [2.24, 2.45) is 5.73 Å². The monoisotopic (exact) mass is 284 g/mol. The van der Waals surface area contributed by atoms with E-state index < -0.39 is 0 Å². The Morgan fingerprint density at radius 2 is 1.88 bits per heavy atom. The minimum absolute atomic E-state index is 0.0442. The van der Waals surface area contributed by atoms with E-state index in [0.717, 1.165) is 29.4 Å². The van der Waals surface area contributed by atoms with Gasteiger partial charge in [-0.3, -0.25) is 0 Å². The summed E-state index contributed by atoms with van der Waals surface area (Å²) in [5.74, 6) is 0. The van der Waals surface area contributed by atoms with E-state index in [1.807, 2.05) is 12.1 Å². The summed E-state index contributed by atoms with van der Waals surface area (Å²) in [5, 5.41) is 3.57. The Hall–Kier alpha value is -0.540. The molecule has 1 rings (SSSR count). The molecule has 1 aromatic carbocycles. The van der Waals surface area contributed by atoms with Crippen molar-refractivity contribution in [2.45, 2.75) is 38.6 Å². The number of nitrogens with one attached hydrogen (secondary N) is 1. The lowest BCUT2D eigenvalue weighted by Gasteiger charge is -2.33. The molecule has 0 aromatic heterocycles. The highest BCUT2D eigenvalue weighted by molar-refractivity contribution is 9.10. The van der Waals surface area contributed by atoms with E-state index in [0.29, 0.717) is 6.54 Å². The summed E-state index contributed by atoms with van der Waals surface area (Å²) < 4.78 is 1.10. The average molecular weight is 285 g/mol. The van der Waals surface area contributed by atoms with Crippen LogP contribution in [-0.2, 0) is 0 Å². The second-order valence-corrected chi connectivity index (χ2v) is 5.14. The lowest BCUT2D eigenvalue weighted by Crippen LogP contribution is -2.44. The molecule has 0 heterocycles. The molecule has 1 aromatic rings. The van der Waals surface area contributed by atoms with Crippen LogP contribution in [0.5, 0.6) is 0 Å². The topological polar surface area (TPSA) is 38.0 Å². The Labute approximate surface area is 107 Å². The zero-order chi connectivity index (χ0) is 12.0. The highest BCUT2D eigenvalue weighted by Crippen LogP contribution is 2.24. The molecule has 0 aliphatic heterocycles. The number of halogens is 1. The van der Waals surface area contributed by atoms with E-state index in [-0.39, 0.29) is 5.54 Å². The molecule has 3 heteroatoms. The van der Waals surface area contributed by atoms with Crippen molar-refractivity contribution >= 4 is 21.6 Å². The number of hydrogen-bond acceptors (Lipinski definition) is 2. The smallest absolute Gasteiger partial charge is 0.0493 e. The van der Waals surface area contributed by atoms with Crippen molar-refractivity contribution < 1.29 is 0 Å². The van der Waals surface area contributed by atoms with E-state index in [1.165, 1.54) is 0 Å². The van der Waals surface area contributed by atoms with Crippen molar-refractivity contribution in [3.63, 3.8) is 0 Å². The van der Waals surface area contributed by atoms with Gasteiger partial charge in [0, 0.05) is 22.2 Å². The normalized spacial score (nSPS) is 14.5. The zero-order valence-corrected chi connectivity index (χ0v) is 11.7. The molecule has 2 nitrogen and oxygen atoms in total. The number of benzene rings is 1. The van der Waals surface area contributed by atoms with Crippen LogP contribution in [0.4, 0.5) is 5.69 Å². The first-order valence-corrected chi connectivity index (χ1v) is 6.69. The largest absolute Gasteiger partial charge is 0.378 e. The van der Waals surface area contributed by atoms with E-state index in [2.05, 4.69) is 47.2 Å². The Morgan fingerprint density at radius 3 is 2.31 bits per heavy atom. The average Bonchev–Trinajstić information content (AvgIpc) is 2.31. The Bertz CT molecular complexity index is 304. The van der Waals surface area contributed by atoms with E-state index >= 15 is 0 Å². The van der Waals surface area contributed by atoms with Gasteiger partial charge in [0.25, 0.3) is 0 Å². The third-order valence-electron chi connectivity index (χ3n) is 3.05. The second kappa shape index (κ2) is 6.26. The minimum atomic E-state index is 0.0442. The number of anilines is 1. The fraction of sp³-hybridized carbons (Fsp3) is 0.538. The highest BCUT2D eigenvalue weighted by Gasteiger charge is 2.24. The molecule has 0 radical (unpaired) electrons. The molecule has 1 unspecified atom stereocenters. The quantitative estimate of drug-likeness (QED) is 0.835. The Kier molecular flexibility index (Phi) is 5.29. The van der Waals surface area contributed by atoms with Crippen LogP contribution in [0.1, 0.15) is 33.1 Å². The third kappa shape index (κ3) is 3.49. The standard InChI is InChI=1S/C13H21BrN2/c1-3-9-13(4-2,10-15)16-12-7-5-11(14)6-8-12/h5-8,16H,3-4,9-10,15H2,1-2H3. The lowest BCUT2D eigenvalue weighted by molar-refractivity contribution is 0.422. The maximum absolute atomic E-state index is 5.91. The minimum Gasteiger partial charge on any atom is -0.378 e. The van der Waals surface area contributed by atoms with Gasteiger partial charge in [0.2, 0.25) is 0 Å². The van der Waals surface area contributed by atoms with E-state index in [9.17, 15) is 0 Å². The van der Waals surface area contributed by atoms with Crippen LogP contribution in [0.15, 0.2) is 28.7 Å². The first-order valence-electron chi connectivity index (χ1n) is 5.89. The molecule has 90 valence electrons. The summed E-state index contributed by atoms with van der Waals surface area (Å²) >= 11 is 3.44. The molecule has 0 fully saturated rings. The van der Waals surface area contributed by atoms with Crippen LogP contribution in [0, 0.1) is 0 Å². The molecule has 0 aliphatic carbocycles. The van der Waals surface area contributed by atoms with Crippen LogP contribution in [-0.4, -0.2) is 12.1 Å². The highest BCUT2D eigenvalue weighted by atomic mass is 79.9. The molecule has 3 N–H and O–H groups in total. The van der Waals surface area contributed by atoms with Gasteiger partial charge >= 0.3 is 0 Å². The summed E-state index contributed by atoms with van der Waals surface area (Å²) in [6.45, 7) is 5.06. The lowest BCUT2D eigenvalue weighted by atomic mass is 9.90. The number of rotatable bonds is 6. The van der Waals surface area contributed by atoms with Gasteiger partial charge in [0.05, 0.1) is 0 Å². The van der Waals surface area contributed by atoms with Crippen molar-refractivity contribution in [2.75, 3.05) is 11.9 Å². The second-order valence-electron chi connectivity index (χ2n) is 4.22. The molecule has 1 atom stereocenters. The number of nitrogens with two attached hydrogens (primary N) is 1. The van der Waals surface area contributed by atoms with E-state index in [4.69, 9.17) is 5.73 Å². The maximum Gasteiger partial charge on any atom is 0.0493 e. The molecule has 0 spiro atoms. The van der Waals surface area contributed by atoms with Gasteiger partial charge in [-0.1, -0.05) is 36.2 Å². The van der Waals surface area contributed by atoms with Crippen LogP contribution in [0.2, 0.25) is 0 Å². The predicted octanol–water partition coefficient (Wildman–Crippen LogP) is 3.77. The van der Waals surface area contributed by atoms with Gasteiger partial charge in [-0.2, -0.15) is 0 Å². The fourth-order valence-electron chi connectivity index (χ4n) is 1.94. The van der Waals surface area contributed by atoms with Crippen LogP contribution in [0.3, 0.4) is 0 Å². The van der Waals surface area contributed by atoms with Crippen LogP contribution in [0.25, 0.3) is 0 Å². The molecule has 0 bridgehead atoms. The van der Waals surface area contributed by atoms with E-state index in [1.54, 1.807) is 0 Å². The Morgan fingerprint density at radius 1 is 1.25 bits per heavy atom.